The Bertz CT molecular complexity index is 1460. The van der Waals surface area contributed by atoms with Crippen LogP contribution in [0.5, 0.6) is 5.75 Å². The molecule has 1 fully saturated rings. The number of ether oxygens (including phenoxy) is 2. The number of hydrogen-bond acceptors (Lipinski definition) is 9. The van der Waals surface area contributed by atoms with Crippen molar-refractivity contribution in [2.75, 3.05) is 45.0 Å². The van der Waals surface area contributed by atoms with Crippen LogP contribution in [0.2, 0.25) is 0 Å². The van der Waals surface area contributed by atoms with Gasteiger partial charge in [0.05, 0.1) is 30.3 Å². The predicted octanol–water partition coefficient (Wildman–Crippen LogP) is 4.41. The molecule has 1 saturated heterocycles. The van der Waals surface area contributed by atoms with Crippen molar-refractivity contribution < 1.29 is 14.3 Å². The number of allylic oxidation sites excluding steroid dienone is 3. The molecule has 2 aromatic rings. The van der Waals surface area contributed by atoms with Crippen molar-refractivity contribution in [3.63, 3.8) is 0 Å². The standard InChI is InChI=1S/C30H33N7O3/c1-5-28(38)33-20-8-11-27(39-4)25(13-20)34-30-32-16-19(15-31)29(35-30)24-17-37(3)26-14-22(9-10-23(24)26)40-18-21-7-6-12-36(21)2/h5,8-9,11,13-14,16-17,21,23H,1,6-7,10,12,18H2,2-4H3,(H,33,38)(H,32,34,35). The van der Waals surface area contributed by atoms with E-state index in [0.29, 0.717) is 47.0 Å². The first kappa shape index (κ1) is 27.0. The van der Waals surface area contributed by atoms with Crippen molar-refractivity contribution in [1.82, 2.24) is 19.8 Å². The highest BCUT2D eigenvalue weighted by Gasteiger charge is 2.33. The van der Waals surface area contributed by atoms with Gasteiger partial charge in [-0.3, -0.25) is 4.79 Å². The monoisotopic (exact) mass is 539 g/mol. The zero-order valence-electron chi connectivity index (χ0n) is 23.0. The van der Waals surface area contributed by atoms with Gasteiger partial charge in [0.25, 0.3) is 0 Å². The molecule has 3 aliphatic rings. The second kappa shape index (κ2) is 11.6. The molecule has 1 amide bonds. The maximum absolute atomic E-state index is 11.8. The lowest BCUT2D eigenvalue weighted by atomic mass is 9.88. The van der Waals surface area contributed by atoms with Gasteiger partial charge in [-0.25, -0.2) is 9.97 Å². The predicted molar refractivity (Wildman–Crippen MR) is 153 cm³/mol. The second-order valence-corrected chi connectivity index (χ2v) is 10.0. The van der Waals surface area contributed by atoms with Crippen molar-refractivity contribution in [3.8, 4) is 11.8 Å². The third-order valence-electron chi connectivity index (χ3n) is 7.51. The van der Waals surface area contributed by atoms with Crippen molar-refractivity contribution in [2.24, 2.45) is 5.92 Å². The zero-order valence-corrected chi connectivity index (χ0v) is 23.0. The highest BCUT2D eigenvalue weighted by atomic mass is 16.5. The number of rotatable bonds is 9. The first-order valence-corrected chi connectivity index (χ1v) is 13.3. The average molecular weight is 540 g/mol. The number of benzene rings is 1. The Labute approximate surface area is 234 Å². The Balaban J connectivity index is 1.37. The summed E-state index contributed by atoms with van der Waals surface area (Å²) in [7, 11) is 5.71. The number of anilines is 3. The van der Waals surface area contributed by atoms with E-state index in [4.69, 9.17) is 14.5 Å². The quantitative estimate of drug-likeness (QED) is 0.447. The fourth-order valence-corrected chi connectivity index (χ4v) is 5.32. The van der Waals surface area contributed by atoms with Crippen LogP contribution in [0.15, 0.2) is 66.9 Å². The minimum absolute atomic E-state index is 0.0494. The number of nitrogens with zero attached hydrogens (tertiary/aromatic N) is 5. The molecule has 2 aliphatic heterocycles. The number of hydrogen-bond donors (Lipinski definition) is 2. The summed E-state index contributed by atoms with van der Waals surface area (Å²) < 4.78 is 11.7. The molecular weight excluding hydrogens is 506 g/mol. The van der Waals surface area contributed by atoms with E-state index in [-0.39, 0.29) is 11.8 Å². The summed E-state index contributed by atoms with van der Waals surface area (Å²) in [6, 6.07) is 7.88. The summed E-state index contributed by atoms with van der Waals surface area (Å²) in [5.74, 6) is 1.46. The molecule has 206 valence electrons. The van der Waals surface area contributed by atoms with Crippen molar-refractivity contribution in [2.45, 2.75) is 25.3 Å². The molecule has 10 heteroatoms. The summed E-state index contributed by atoms with van der Waals surface area (Å²) in [6.07, 6.45) is 12.1. The fourth-order valence-electron chi connectivity index (χ4n) is 5.32. The van der Waals surface area contributed by atoms with Gasteiger partial charge in [0.2, 0.25) is 11.9 Å². The van der Waals surface area contributed by atoms with E-state index in [1.807, 2.05) is 13.2 Å². The number of aromatic nitrogens is 2. The van der Waals surface area contributed by atoms with E-state index < -0.39 is 0 Å². The van der Waals surface area contributed by atoms with Crippen molar-refractivity contribution in [1.29, 1.82) is 5.26 Å². The first-order chi connectivity index (χ1) is 19.4. The molecule has 2 unspecified atom stereocenters. The van der Waals surface area contributed by atoms with Crippen LogP contribution in [-0.4, -0.2) is 66.1 Å². The number of carbonyl (C=O) groups is 1. The molecule has 2 atom stereocenters. The average Bonchev–Trinajstić information content (AvgIpc) is 3.53. The molecule has 0 saturated carbocycles. The van der Waals surface area contributed by atoms with Crippen LogP contribution < -0.4 is 15.4 Å². The minimum Gasteiger partial charge on any atom is -0.495 e. The first-order valence-electron chi connectivity index (χ1n) is 13.3. The maximum atomic E-state index is 11.8. The molecular formula is C30H33N7O3. The highest BCUT2D eigenvalue weighted by Crippen LogP contribution is 2.43. The topological polar surface area (TPSA) is 116 Å². The maximum Gasteiger partial charge on any atom is 0.247 e. The van der Waals surface area contributed by atoms with Gasteiger partial charge in [0.15, 0.2) is 0 Å². The van der Waals surface area contributed by atoms with Crippen LogP contribution in [-0.2, 0) is 9.53 Å². The zero-order chi connectivity index (χ0) is 28.2. The van der Waals surface area contributed by atoms with Crippen LogP contribution in [0.3, 0.4) is 0 Å². The van der Waals surface area contributed by atoms with Gasteiger partial charge >= 0.3 is 0 Å². The molecule has 2 N–H and O–H groups in total. The molecule has 5 rings (SSSR count). The molecule has 40 heavy (non-hydrogen) atoms. The summed E-state index contributed by atoms with van der Waals surface area (Å²) >= 11 is 0. The third kappa shape index (κ3) is 5.55. The lowest BCUT2D eigenvalue weighted by Crippen LogP contribution is -2.29. The number of methoxy groups -OCH3 is 1. The van der Waals surface area contributed by atoms with Crippen LogP contribution in [0.4, 0.5) is 17.3 Å². The van der Waals surface area contributed by atoms with Gasteiger partial charge in [-0.15, -0.1) is 0 Å². The van der Waals surface area contributed by atoms with E-state index in [1.54, 1.807) is 25.3 Å². The lowest BCUT2D eigenvalue weighted by Gasteiger charge is -2.25. The van der Waals surface area contributed by atoms with Gasteiger partial charge in [0.1, 0.15) is 24.2 Å². The van der Waals surface area contributed by atoms with E-state index in [9.17, 15) is 10.1 Å². The number of likely N-dealkylation sites (N-methyl/N-ethyl adjacent to an activating group) is 1. The van der Waals surface area contributed by atoms with Gasteiger partial charge in [0, 0.05) is 42.2 Å². The van der Waals surface area contributed by atoms with Crippen LogP contribution in [0.25, 0.3) is 5.57 Å². The highest BCUT2D eigenvalue weighted by molar-refractivity contribution is 5.99. The minimum atomic E-state index is -0.324. The largest absolute Gasteiger partial charge is 0.495 e. The molecule has 1 aliphatic carbocycles. The molecule has 1 aromatic carbocycles. The SMILES string of the molecule is C=CC(=O)Nc1ccc(OC)c(Nc2ncc(C#N)c(C3=CN(C)C4=CC(OCC5CCCN5C)=CCC34)n2)c1. The molecule has 3 heterocycles. The van der Waals surface area contributed by atoms with Gasteiger partial charge in [-0.1, -0.05) is 6.58 Å². The van der Waals surface area contributed by atoms with Crippen LogP contribution in [0.1, 0.15) is 30.5 Å². The Morgan fingerprint density at radius 3 is 2.92 bits per heavy atom. The molecule has 10 nitrogen and oxygen atoms in total. The summed E-state index contributed by atoms with van der Waals surface area (Å²) in [4.78, 5) is 25.3. The van der Waals surface area contributed by atoms with Crippen LogP contribution >= 0.6 is 0 Å². The smallest absolute Gasteiger partial charge is 0.247 e. The lowest BCUT2D eigenvalue weighted by molar-refractivity contribution is -0.111. The Morgan fingerprint density at radius 2 is 2.20 bits per heavy atom. The van der Waals surface area contributed by atoms with E-state index in [1.165, 1.54) is 18.7 Å². The fraction of sp³-hybridized carbons (Fsp3) is 0.333. The van der Waals surface area contributed by atoms with E-state index in [0.717, 1.165) is 36.4 Å². The normalized spacial score (nSPS) is 20.1. The van der Waals surface area contributed by atoms with Gasteiger partial charge in [-0.2, -0.15) is 5.26 Å². The van der Waals surface area contributed by atoms with Crippen LogP contribution in [0, 0.1) is 17.2 Å². The number of nitrogens with one attached hydrogen (secondary N) is 2. The van der Waals surface area contributed by atoms with Gasteiger partial charge in [-0.05, 0) is 69.3 Å². The molecule has 0 radical (unpaired) electrons. The summed E-state index contributed by atoms with van der Waals surface area (Å²) in [5.41, 5.74) is 4.13. The number of fused-ring (bicyclic) bond motifs is 1. The van der Waals surface area contributed by atoms with Crippen molar-refractivity contribution >= 4 is 28.8 Å². The van der Waals surface area contributed by atoms with E-state index >= 15 is 0 Å². The molecule has 1 aromatic heterocycles. The molecule has 0 spiro atoms. The van der Waals surface area contributed by atoms with Crippen molar-refractivity contribution in [3.05, 3.63) is 78.1 Å². The van der Waals surface area contributed by atoms with Gasteiger partial charge < -0.3 is 29.9 Å². The number of likely N-dealkylation sites (tertiary alicyclic amines) is 1. The summed E-state index contributed by atoms with van der Waals surface area (Å²) in [6.45, 7) is 5.29. The number of carbonyl (C=O) groups excluding carboxylic acids is 1. The summed E-state index contributed by atoms with van der Waals surface area (Å²) in [5, 5.41) is 15.8. The Morgan fingerprint density at radius 1 is 1.35 bits per heavy atom. The number of nitriles is 1. The Hall–Kier alpha value is -4.62. The number of amides is 1. The van der Waals surface area contributed by atoms with E-state index in [2.05, 4.69) is 57.3 Å². The molecule has 0 bridgehead atoms. The second-order valence-electron chi connectivity index (χ2n) is 10.0. The Kier molecular flexibility index (Phi) is 7.84. The third-order valence-corrected chi connectivity index (χ3v) is 7.51.